The zero-order valence-electron chi connectivity index (χ0n) is 10.9. The summed E-state index contributed by atoms with van der Waals surface area (Å²) in [5, 5.41) is 12.8. The molecule has 0 amide bonds. The maximum absolute atomic E-state index is 11.4. The average Bonchev–Trinajstić information content (AvgIpc) is 2.29. The van der Waals surface area contributed by atoms with E-state index in [1.54, 1.807) is 6.92 Å². The van der Waals surface area contributed by atoms with Gasteiger partial charge in [0, 0.05) is 17.8 Å². The average molecular weight is 263 g/mol. The molecule has 1 fully saturated rings. The van der Waals surface area contributed by atoms with Crippen LogP contribution in [0, 0.1) is 5.92 Å². The lowest BCUT2D eigenvalue weighted by molar-refractivity contribution is 0.102. The molecule has 1 saturated carbocycles. The van der Waals surface area contributed by atoms with Gasteiger partial charge in [-0.15, -0.1) is 0 Å². The van der Waals surface area contributed by atoms with Crippen molar-refractivity contribution in [1.29, 1.82) is 0 Å². The Balaban J connectivity index is 2.47. The van der Waals surface area contributed by atoms with Crippen LogP contribution < -0.4 is 5.32 Å². The fourth-order valence-corrected chi connectivity index (χ4v) is 3.34. The van der Waals surface area contributed by atoms with Gasteiger partial charge in [0.05, 0.1) is 12.4 Å². The Morgan fingerprint density at radius 1 is 1.47 bits per heavy atom. The summed E-state index contributed by atoms with van der Waals surface area (Å²) in [6.07, 6.45) is 4.20. The van der Waals surface area contributed by atoms with E-state index in [9.17, 15) is 13.5 Å². The summed E-state index contributed by atoms with van der Waals surface area (Å²) in [6.45, 7) is 4.40. The van der Waals surface area contributed by atoms with Gasteiger partial charge >= 0.3 is 0 Å². The SMILES string of the molecule is CCS(=O)(=O)CCNC1(CO)CCCC(C)C1. The van der Waals surface area contributed by atoms with E-state index in [4.69, 9.17) is 0 Å². The molecule has 1 aliphatic rings. The van der Waals surface area contributed by atoms with Crippen molar-refractivity contribution in [2.75, 3.05) is 24.7 Å². The summed E-state index contributed by atoms with van der Waals surface area (Å²) < 4.78 is 22.8. The summed E-state index contributed by atoms with van der Waals surface area (Å²) in [5.41, 5.74) is -0.249. The van der Waals surface area contributed by atoms with E-state index in [1.165, 1.54) is 6.42 Å². The van der Waals surface area contributed by atoms with Crippen LogP contribution >= 0.6 is 0 Å². The van der Waals surface area contributed by atoms with E-state index in [1.807, 2.05) is 0 Å². The number of sulfone groups is 1. The molecule has 2 unspecified atom stereocenters. The molecule has 4 nitrogen and oxygen atoms in total. The predicted molar refractivity (Wildman–Crippen MR) is 69.8 cm³/mol. The number of rotatable bonds is 6. The first-order chi connectivity index (χ1) is 7.93. The fraction of sp³-hybridized carbons (Fsp3) is 1.00. The molecule has 17 heavy (non-hydrogen) atoms. The van der Waals surface area contributed by atoms with Gasteiger partial charge in [0.2, 0.25) is 0 Å². The molecule has 5 heteroatoms. The van der Waals surface area contributed by atoms with E-state index < -0.39 is 9.84 Å². The zero-order chi connectivity index (χ0) is 12.9. The van der Waals surface area contributed by atoms with Gasteiger partial charge in [0.15, 0.2) is 9.84 Å². The smallest absolute Gasteiger partial charge is 0.151 e. The van der Waals surface area contributed by atoms with Gasteiger partial charge < -0.3 is 10.4 Å². The number of hydrogen-bond acceptors (Lipinski definition) is 4. The van der Waals surface area contributed by atoms with Gasteiger partial charge in [-0.3, -0.25) is 0 Å². The Morgan fingerprint density at radius 3 is 2.71 bits per heavy atom. The molecule has 2 N–H and O–H groups in total. The Hall–Kier alpha value is -0.130. The minimum atomic E-state index is -2.91. The highest BCUT2D eigenvalue weighted by Gasteiger charge is 2.33. The molecule has 1 rings (SSSR count). The lowest BCUT2D eigenvalue weighted by atomic mass is 9.77. The third-order valence-corrected chi connectivity index (χ3v) is 5.45. The monoisotopic (exact) mass is 263 g/mol. The van der Waals surface area contributed by atoms with Crippen LogP contribution in [-0.4, -0.2) is 43.7 Å². The highest BCUT2D eigenvalue weighted by Crippen LogP contribution is 2.31. The van der Waals surface area contributed by atoms with Crippen LogP contribution in [0.3, 0.4) is 0 Å². The molecule has 0 aromatic rings. The van der Waals surface area contributed by atoms with E-state index in [-0.39, 0.29) is 23.7 Å². The molecule has 102 valence electrons. The molecule has 0 bridgehead atoms. The standard InChI is InChI=1S/C12H25NO3S/c1-3-17(15,16)8-7-13-12(10-14)6-4-5-11(2)9-12/h11,13-14H,3-10H2,1-2H3. The van der Waals surface area contributed by atoms with Gasteiger partial charge in [0.25, 0.3) is 0 Å². The number of aliphatic hydroxyl groups is 1. The Morgan fingerprint density at radius 2 is 2.18 bits per heavy atom. The van der Waals surface area contributed by atoms with Gasteiger partial charge in [-0.1, -0.05) is 26.7 Å². The van der Waals surface area contributed by atoms with Crippen molar-refractivity contribution in [3.63, 3.8) is 0 Å². The van der Waals surface area contributed by atoms with Crippen molar-refractivity contribution in [3.05, 3.63) is 0 Å². The van der Waals surface area contributed by atoms with Gasteiger partial charge in [-0.2, -0.15) is 0 Å². The summed E-state index contributed by atoms with van der Waals surface area (Å²) in [7, 11) is -2.91. The number of nitrogens with one attached hydrogen (secondary N) is 1. The highest BCUT2D eigenvalue weighted by molar-refractivity contribution is 7.91. The predicted octanol–water partition coefficient (Wildman–Crippen LogP) is 0.952. The number of aliphatic hydroxyl groups excluding tert-OH is 1. The number of hydrogen-bond donors (Lipinski definition) is 2. The largest absolute Gasteiger partial charge is 0.394 e. The van der Waals surface area contributed by atoms with E-state index in [2.05, 4.69) is 12.2 Å². The van der Waals surface area contributed by atoms with Crippen LogP contribution in [0.25, 0.3) is 0 Å². The summed E-state index contributed by atoms with van der Waals surface area (Å²) in [6, 6.07) is 0. The molecule has 0 aliphatic heterocycles. The lowest BCUT2D eigenvalue weighted by Crippen LogP contribution is -2.52. The molecule has 0 aromatic heterocycles. The summed E-state index contributed by atoms with van der Waals surface area (Å²) >= 11 is 0. The van der Waals surface area contributed by atoms with E-state index in [0.29, 0.717) is 12.5 Å². The molecule has 0 aromatic carbocycles. The van der Waals surface area contributed by atoms with Crippen LogP contribution in [0.5, 0.6) is 0 Å². The second kappa shape index (κ2) is 6.16. The summed E-state index contributed by atoms with van der Waals surface area (Å²) in [5.74, 6) is 0.961. The molecule has 0 radical (unpaired) electrons. The second-order valence-electron chi connectivity index (χ2n) is 5.30. The maximum atomic E-state index is 11.4. The molecule has 2 atom stereocenters. The van der Waals surface area contributed by atoms with Crippen molar-refractivity contribution in [2.45, 2.75) is 45.1 Å². The maximum Gasteiger partial charge on any atom is 0.151 e. The molecule has 1 aliphatic carbocycles. The second-order valence-corrected chi connectivity index (χ2v) is 7.78. The van der Waals surface area contributed by atoms with Crippen LogP contribution in [0.15, 0.2) is 0 Å². The fourth-order valence-electron chi connectivity index (χ4n) is 2.64. The van der Waals surface area contributed by atoms with Crippen molar-refractivity contribution in [2.24, 2.45) is 5.92 Å². The van der Waals surface area contributed by atoms with Gasteiger partial charge in [-0.05, 0) is 18.8 Å². The minimum Gasteiger partial charge on any atom is -0.394 e. The molecular weight excluding hydrogens is 238 g/mol. The molecule has 0 heterocycles. The van der Waals surface area contributed by atoms with E-state index in [0.717, 1.165) is 19.3 Å². The Kier molecular flexibility index (Phi) is 5.41. The topological polar surface area (TPSA) is 66.4 Å². The third-order valence-electron chi connectivity index (χ3n) is 3.75. The van der Waals surface area contributed by atoms with Gasteiger partial charge in [-0.25, -0.2) is 8.42 Å². The van der Waals surface area contributed by atoms with Crippen LogP contribution in [-0.2, 0) is 9.84 Å². The van der Waals surface area contributed by atoms with Crippen molar-refractivity contribution in [1.82, 2.24) is 5.32 Å². The zero-order valence-corrected chi connectivity index (χ0v) is 11.7. The first-order valence-electron chi connectivity index (χ1n) is 6.49. The first-order valence-corrected chi connectivity index (χ1v) is 8.31. The Bertz CT molecular complexity index is 329. The molecular formula is C12H25NO3S. The van der Waals surface area contributed by atoms with Crippen LogP contribution in [0.4, 0.5) is 0 Å². The van der Waals surface area contributed by atoms with Crippen molar-refractivity contribution < 1.29 is 13.5 Å². The van der Waals surface area contributed by atoms with Crippen molar-refractivity contribution >= 4 is 9.84 Å². The molecule has 0 saturated heterocycles. The minimum absolute atomic E-state index is 0.101. The van der Waals surface area contributed by atoms with Crippen LogP contribution in [0.2, 0.25) is 0 Å². The van der Waals surface area contributed by atoms with Crippen LogP contribution in [0.1, 0.15) is 39.5 Å². The highest BCUT2D eigenvalue weighted by atomic mass is 32.2. The third kappa shape index (κ3) is 4.56. The van der Waals surface area contributed by atoms with E-state index >= 15 is 0 Å². The normalized spacial score (nSPS) is 30.4. The first kappa shape index (κ1) is 14.9. The quantitative estimate of drug-likeness (QED) is 0.749. The van der Waals surface area contributed by atoms with Crippen molar-refractivity contribution in [3.8, 4) is 0 Å². The summed E-state index contributed by atoms with van der Waals surface area (Å²) in [4.78, 5) is 0. The Labute approximate surface area is 105 Å². The lowest BCUT2D eigenvalue weighted by Gasteiger charge is -2.39. The van der Waals surface area contributed by atoms with Gasteiger partial charge in [0.1, 0.15) is 0 Å². The molecule has 0 spiro atoms.